The molecule has 1 aliphatic rings. The van der Waals surface area contributed by atoms with Gasteiger partial charge in [0.25, 0.3) is 0 Å². The molecule has 0 aliphatic carbocycles. The Balaban J connectivity index is 1.56. The van der Waals surface area contributed by atoms with Gasteiger partial charge in [0.15, 0.2) is 5.82 Å². The van der Waals surface area contributed by atoms with E-state index in [1.807, 2.05) is 0 Å². The van der Waals surface area contributed by atoms with E-state index in [1.54, 1.807) is 70.2 Å². The number of para-hydroxylation sites is 1. The standard InChI is InChI=1S/C28H38N5O9P/c1-16(2)26(36)31-25-21-13-12-20(33(21)30-15-29-25)23-22(34)24(35)28(6,41-23)14-39-43(38,42-19-10-8-7-9-11-19)32-18(5)27(37)40-17(3)4/h7-13,15-18,22-24,34-35H,14H2,1-6H3,(H,32,38)(H,29,30,31,36)/t18-,22-,23-,24-,28+,43-/m0/s1. The first-order valence-corrected chi connectivity index (χ1v) is 15.4. The van der Waals surface area contributed by atoms with Crippen LogP contribution in [0.2, 0.25) is 0 Å². The van der Waals surface area contributed by atoms with E-state index in [0.29, 0.717) is 11.2 Å². The lowest BCUT2D eigenvalue weighted by atomic mass is 9.97. The maximum Gasteiger partial charge on any atom is 0.459 e. The second-order valence-electron chi connectivity index (χ2n) is 11.1. The molecule has 43 heavy (non-hydrogen) atoms. The summed E-state index contributed by atoms with van der Waals surface area (Å²) in [6.07, 6.45) is -3.15. The lowest BCUT2D eigenvalue weighted by molar-refractivity contribution is -0.149. The number of anilines is 1. The molecule has 1 aromatic carbocycles. The van der Waals surface area contributed by atoms with Gasteiger partial charge in [-0.15, -0.1) is 0 Å². The molecule has 1 aliphatic heterocycles. The number of hydrogen-bond donors (Lipinski definition) is 4. The fourth-order valence-electron chi connectivity index (χ4n) is 4.39. The zero-order chi connectivity index (χ0) is 31.5. The normalized spacial score (nSPS) is 24.2. The van der Waals surface area contributed by atoms with Gasteiger partial charge in [-0.2, -0.15) is 10.2 Å². The Bertz CT molecular complexity index is 1480. The van der Waals surface area contributed by atoms with Crippen molar-refractivity contribution in [2.24, 2.45) is 5.92 Å². The van der Waals surface area contributed by atoms with Crippen LogP contribution in [0.3, 0.4) is 0 Å². The molecule has 0 saturated carbocycles. The number of benzene rings is 1. The van der Waals surface area contributed by atoms with Crippen LogP contribution in [-0.2, 0) is 28.2 Å². The number of esters is 1. The molecule has 14 nitrogen and oxygen atoms in total. The second kappa shape index (κ2) is 13.1. The highest BCUT2D eigenvalue weighted by Crippen LogP contribution is 2.48. The fraction of sp³-hybridized carbons (Fsp3) is 0.500. The van der Waals surface area contributed by atoms with Gasteiger partial charge in [-0.1, -0.05) is 32.0 Å². The van der Waals surface area contributed by atoms with Crippen molar-refractivity contribution in [1.82, 2.24) is 19.7 Å². The first-order chi connectivity index (χ1) is 20.2. The average molecular weight is 620 g/mol. The Hall–Kier alpha value is -3.39. The van der Waals surface area contributed by atoms with Gasteiger partial charge >= 0.3 is 13.7 Å². The van der Waals surface area contributed by atoms with Crippen molar-refractivity contribution in [3.8, 4) is 5.75 Å². The van der Waals surface area contributed by atoms with E-state index in [4.69, 9.17) is 18.5 Å². The quantitative estimate of drug-likeness (QED) is 0.172. The van der Waals surface area contributed by atoms with Gasteiger partial charge in [0.1, 0.15) is 47.5 Å². The minimum Gasteiger partial charge on any atom is -0.462 e. The largest absolute Gasteiger partial charge is 0.462 e. The molecule has 4 N–H and O–H groups in total. The molecule has 1 amide bonds. The predicted octanol–water partition coefficient (Wildman–Crippen LogP) is 3.01. The van der Waals surface area contributed by atoms with Crippen LogP contribution in [0.1, 0.15) is 53.3 Å². The molecule has 0 bridgehead atoms. The van der Waals surface area contributed by atoms with Crippen LogP contribution >= 0.6 is 7.75 Å². The summed E-state index contributed by atoms with van der Waals surface area (Å²) in [5.74, 6) is -0.697. The molecule has 15 heteroatoms. The molecule has 3 heterocycles. The number of aliphatic hydroxyl groups excluding tert-OH is 2. The van der Waals surface area contributed by atoms with Crippen LogP contribution in [-0.4, -0.2) is 73.2 Å². The molecule has 0 radical (unpaired) electrons. The molecule has 4 rings (SSSR count). The Morgan fingerprint density at radius 2 is 1.81 bits per heavy atom. The monoisotopic (exact) mass is 619 g/mol. The number of amides is 1. The molecule has 0 unspecified atom stereocenters. The maximum absolute atomic E-state index is 13.9. The number of hydrogen-bond acceptors (Lipinski definition) is 11. The molecule has 0 spiro atoms. The van der Waals surface area contributed by atoms with Gasteiger partial charge in [0.2, 0.25) is 5.91 Å². The minimum absolute atomic E-state index is 0.207. The summed E-state index contributed by atoms with van der Waals surface area (Å²) in [7, 11) is -4.27. The third-order valence-electron chi connectivity index (χ3n) is 6.74. The van der Waals surface area contributed by atoms with E-state index in [0.717, 1.165) is 0 Å². The van der Waals surface area contributed by atoms with Crippen molar-refractivity contribution in [2.45, 2.75) is 77.6 Å². The third-order valence-corrected chi connectivity index (χ3v) is 8.37. The fourth-order valence-corrected chi connectivity index (χ4v) is 5.97. The van der Waals surface area contributed by atoms with Crippen molar-refractivity contribution in [1.29, 1.82) is 0 Å². The highest BCUT2D eigenvalue weighted by molar-refractivity contribution is 7.52. The topological polar surface area (TPSA) is 183 Å². The Kier molecular flexibility index (Phi) is 9.90. The van der Waals surface area contributed by atoms with Crippen molar-refractivity contribution >= 4 is 31.0 Å². The number of aromatic nitrogens is 3. The number of fused-ring (bicyclic) bond motifs is 1. The van der Waals surface area contributed by atoms with Crippen LogP contribution < -0.4 is 14.9 Å². The maximum atomic E-state index is 13.9. The van der Waals surface area contributed by atoms with E-state index in [-0.39, 0.29) is 23.4 Å². The molecule has 2 aromatic heterocycles. The summed E-state index contributed by atoms with van der Waals surface area (Å²) in [5, 5.41) is 31.7. The number of carbonyl (C=O) groups is 2. The van der Waals surface area contributed by atoms with E-state index in [2.05, 4.69) is 20.5 Å². The first-order valence-electron chi connectivity index (χ1n) is 13.9. The van der Waals surface area contributed by atoms with Gasteiger partial charge < -0.3 is 29.5 Å². The molecule has 234 valence electrons. The molecule has 1 fully saturated rings. The van der Waals surface area contributed by atoms with Crippen molar-refractivity contribution in [2.75, 3.05) is 11.9 Å². The van der Waals surface area contributed by atoms with E-state index >= 15 is 0 Å². The highest BCUT2D eigenvalue weighted by Gasteiger charge is 2.54. The van der Waals surface area contributed by atoms with Gasteiger partial charge in [0, 0.05) is 5.92 Å². The summed E-state index contributed by atoms with van der Waals surface area (Å²) in [5.41, 5.74) is -0.747. The van der Waals surface area contributed by atoms with E-state index < -0.39 is 56.4 Å². The average Bonchev–Trinajstić information content (AvgIpc) is 3.47. The number of rotatable bonds is 12. The van der Waals surface area contributed by atoms with Gasteiger partial charge in [-0.05, 0) is 52.0 Å². The predicted molar refractivity (Wildman–Crippen MR) is 155 cm³/mol. The number of nitrogens with one attached hydrogen (secondary N) is 2. The molecule has 1 saturated heterocycles. The van der Waals surface area contributed by atoms with E-state index in [9.17, 15) is 24.4 Å². The Labute approximate surface area is 249 Å². The summed E-state index contributed by atoms with van der Waals surface area (Å²) >= 11 is 0. The zero-order valence-corrected chi connectivity index (χ0v) is 25.7. The SMILES string of the molecule is CC(C)OC(=O)[C@H](C)N[P@](=O)(OC[C@@]1(C)O[C@@H](c2ccc3c(NC(=O)C(C)C)ncnn23)[C@H](O)[C@@H]1O)Oc1ccccc1. The highest BCUT2D eigenvalue weighted by atomic mass is 31.2. The lowest BCUT2D eigenvalue weighted by Gasteiger charge is -2.30. The van der Waals surface area contributed by atoms with Crippen molar-refractivity contribution < 1.29 is 42.9 Å². The van der Waals surface area contributed by atoms with Crippen LogP contribution in [0.5, 0.6) is 5.75 Å². The van der Waals surface area contributed by atoms with E-state index in [1.165, 1.54) is 24.7 Å². The lowest BCUT2D eigenvalue weighted by Crippen LogP contribution is -2.45. The van der Waals surface area contributed by atoms with Crippen LogP contribution in [0, 0.1) is 5.92 Å². The zero-order valence-electron chi connectivity index (χ0n) is 24.8. The number of ether oxygens (including phenoxy) is 2. The molecule has 3 aromatic rings. The minimum atomic E-state index is -4.27. The van der Waals surface area contributed by atoms with Crippen LogP contribution in [0.15, 0.2) is 48.8 Å². The Morgan fingerprint density at radius 3 is 2.47 bits per heavy atom. The van der Waals surface area contributed by atoms with Crippen molar-refractivity contribution in [3.05, 3.63) is 54.5 Å². The van der Waals surface area contributed by atoms with Crippen LogP contribution in [0.4, 0.5) is 5.82 Å². The third kappa shape index (κ3) is 7.40. The Morgan fingerprint density at radius 1 is 1.12 bits per heavy atom. The van der Waals surface area contributed by atoms with Gasteiger partial charge in [-0.3, -0.25) is 14.1 Å². The summed E-state index contributed by atoms with van der Waals surface area (Å²) < 4.78 is 38.1. The molecular weight excluding hydrogens is 581 g/mol. The number of carbonyl (C=O) groups excluding carboxylic acids is 2. The summed E-state index contributed by atoms with van der Waals surface area (Å²) in [6, 6.07) is 10.4. The number of aliphatic hydroxyl groups is 2. The van der Waals surface area contributed by atoms with Crippen molar-refractivity contribution in [3.63, 3.8) is 0 Å². The van der Waals surface area contributed by atoms with Gasteiger partial charge in [-0.25, -0.2) is 14.1 Å². The summed E-state index contributed by atoms with van der Waals surface area (Å²) in [6.45, 7) is 9.32. The van der Waals surface area contributed by atoms with Gasteiger partial charge in [0.05, 0.1) is 18.4 Å². The smallest absolute Gasteiger partial charge is 0.459 e. The second-order valence-corrected chi connectivity index (χ2v) is 12.8. The first kappa shape index (κ1) is 32.5. The summed E-state index contributed by atoms with van der Waals surface area (Å²) in [4.78, 5) is 28.9. The number of nitrogens with zero attached hydrogens (tertiary/aromatic N) is 3. The molecular formula is C28H38N5O9P. The van der Waals surface area contributed by atoms with Crippen LogP contribution in [0.25, 0.3) is 5.52 Å². The molecule has 6 atom stereocenters.